The minimum atomic E-state index is -4.96. The fourth-order valence-electron chi connectivity index (χ4n) is 12.6. The summed E-state index contributed by atoms with van der Waals surface area (Å²) in [5, 5.41) is 10.6. The van der Waals surface area contributed by atoms with Crippen LogP contribution in [0, 0.1) is 0 Å². The zero-order chi connectivity index (χ0) is 73.2. The molecule has 0 saturated heterocycles. The monoisotopic (exact) mass is 1470 g/mol. The number of carbonyl (C=O) groups excluding carboxylic acids is 4. The number of rotatable bonds is 82. The van der Waals surface area contributed by atoms with E-state index in [0.29, 0.717) is 25.7 Å². The van der Waals surface area contributed by atoms with Crippen molar-refractivity contribution in [2.24, 2.45) is 0 Å². The van der Waals surface area contributed by atoms with Crippen LogP contribution in [0.5, 0.6) is 0 Å². The first kappa shape index (κ1) is 98.1. The second kappa shape index (κ2) is 75.3. The van der Waals surface area contributed by atoms with Gasteiger partial charge in [-0.2, -0.15) is 0 Å². The smallest absolute Gasteiger partial charge is 0.462 e. The highest BCUT2D eigenvalue weighted by Gasteiger charge is 2.30. The molecule has 0 saturated carbocycles. The largest absolute Gasteiger partial charge is 0.472 e. The fourth-order valence-corrected chi connectivity index (χ4v) is 14.2. The van der Waals surface area contributed by atoms with Crippen LogP contribution in [-0.4, -0.2) is 96.7 Å². The van der Waals surface area contributed by atoms with Crippen molar-refractivity contribution in [2.75, 3.05) is 39.6 Å². The van der Waals surface area contributed by atoms with Gasteiger partial charge in [0.15, 0.2) is 12.2 Å². The Labute approximate surface area is 613 Å². The first-order valence-electron chi connectivity index (χ1n) is 42.3. The SMILES string of the molecule is CCCCCCCCCCCCCCCCCCCCCCCC(=O)O[C@H](COC(=O)CCCCCCCCCCCCCCCCCCC)COP(=O)(O)OC[C@@H](O)COP(=O)(O)OC[C@@H](COC(=O)CCCCCCCCCC)OC(=O)CCCCCCCCCCCCCCCC. The molecule has 0 rings (SSSR count). The number of hydrogen-bond acceptors (Lipinski definition) is 15. The van der Waals surface area contributed by atoms with Crippen LogP contribution in [0.1, 0.15) is 439 Å². The van der Waals surface area contributed by atoms with E-state index in [1.54, 1.807) is 0 Å². The lowest BCUT2D eigenvalue weighted by atomic mass is 10.0. The number of esters is 4. The fraction of sp³-hybridized carbons (Fsp3) is 0.951. The Hall–Kier alpha value is -1.94. The second-order valence-electron chi connectivity index (χ2n) is 29.2. The van der Waals surface area contributed by atoms with Gasteiger partial charge in [0.1, 0.15) is 19.3 Å². The van der Waals surface area contributed by atoms with E-state index in [-0.39, 0.29) is 25.7 Å². The Bertz CT molecular complexity index is 1890. The first-order valence-corrected chi connectivity index (χ1v) is 45.3. The number of ether oxygens (including phenoxy) is 4. The molecule has 0 aromatic heterocycles. The summed E-state index contributed by atoms with van der Waals surface area (Å²) in [5.74, 6) is -2.11. The molecule has 0 aliphatic carbocycles. The Balaban J connectivity index is 5.18. The molecule has 0 bridgehead atoms. The van der Waals surface area contributed by atoms with Gasteiger partial charge in [0.25, 0.3) is 0 Å². The highest BCUT2D eigenvalue weighted by Crippen LogP contribution is 2.45. The van der Waals surface area contributed by atoms with Gasteiger partial charge in [-0.05, 0) is 25.7 Å². The average molecular weight is 1470 g/mol. The van der Waals surface area contributed by atoms with E-state index in [0.717, 1.165) is 89.9 Å². The zero-order valence-corrected chi connectivity index (χ0v) is 67.0. The van der Waals surface area contributed by atoms with Crippen molar-refractivity contribution in [3.63, 3.8) is 0 Å². The third-order valence-corrected chi connectivity index (χ3v) is 21.0. The lowest BCUT2D eigenvalue weighted by Gasteiger charge is -2.21. The second-order valence-corrected chi connectivity index (χ2v) is 32.1. The maximum absolute atomic E-state index is 13.1. The number of hydrogen-bond donors (Lipinski definition) is 3. The van der Waals surface area contributed by atoms with E-state index in [1.165, 1.54) is 270 Å². The number of unbranched alkanes of at least 4 members (excludes halogenated alkanes) is 56. The molecule has 0 spiro atoms. The van der Waals surface area contributed by atoms with Crippen LogP contribution in [-0.2, 0) is 65.4 Å². The van der Waals surface area contributed by atoms with Crippen LogP contribution >= 0.6 is 15.6 Å². The number of carbonyl (C=O) groups is 4. The molecule has 0 heterocycles. The van der Waals surface area contributed by atoms with E-state index in [4.69, 9.17) is 37.0 Å². The van der Waals surface area contributed by atoms with E-state index >= 15 is 0 Å². The van der Waals surface area contributed by atoms with Gasteiger partial charge < -0.3 is 33.8 Å². The molecule has 19 heteroatoms. The molecule has 100 heavy (non-hydrogen) atoms. The van der Waals surface area contributed by atoms with E-state index in [1.807, 2.05) is 0 Å². The van der Waals surface area contributed by atoms with Gasteiger partial charge in [0.05, 0.1) is 26.4 Å². The molecule has 2 unspecified atom stereocenters. The molecule has 0 aromatic carbocycles. The summed E-state index contributed by atoms with van der Waals surface area (Å²) in [4.78, 5) is 72.9. The Morgan fingerprint density at radius 1 is 0.240 bits per heavy atom. The molecule has 5 atom stereocenters. The summed E-state index contributed by atoms with van der Waals surface area (Å²) < 4.78 is 68.6. The van der Waals surface area contributed by atoms with E-state index in [2.05, 4.69) is 27.7 Å². The van der Waals surface area contributed by atoms with Crippen molar-refractivity contribution in [3.05, 3.63) is 0 Å². The molecular weight excluding hydrogens is 1310 g/mol. The third-order valence-electron chi connectivity index (χ3n) is 19.1. The Morgan fingerprint density at radius 3 is 0.590 bits per heavy atom. The van der Waals surface area contributed by atoms with Gasteiger partial charge in [-0.1, -0.05) is 387 Å². The van der Waals surface area contributed by atoms with Gasteiger partial charge in [0.2, 0.25) is 0 Å². The summed E-state index contributed by atoms with van der Waals surface area (Å²) in [6.45, 7) is 5.00. The maximum Gasteiger partial charge on any atom is 0.472 e. The van der Waals surface area contributed by atoms with Gasteiger partial charge >= 0.3 is 39.5 Å². The molecule has 3 N–H and O–H groups in total. The Morgan fingerprint density at radius 2 is 0.400 bits per heavy atom. The van der Waals surface area contributed by atoms with Crippen LogP contribution < -0.4 is 0 Å². The van der Waals surface area contributed by atoms with Crippen molar-refractivity contribution in [2.45, 2.75) is 457 Å². The number of aliphatic hydroxyl groups is 1. The van der Waals surface area contributed by atoms with E-state index in [9.17, 15) is 43.2 Å². The minimum absolute atomic E-state index is 0.108. The van der Waals surface area contributed by atoms with Crippen LogP contribution in [0.25, 0.3) is 0 Å². The predicted octanol–water partition coefficient (Wildman–Crippen LogP) is 24.6. The number of phosphoric ester groups is 2. The summed E-state index contributed by atoms with van der Waals surface area (Å²) in [7, 11) is -9.91. The van der Waals surface area contributed by atoms with Crippen LogP contribution in [0.2, 0.25) is 0 Å². The highest BCUT2D eigenvalue weighted by molar-refractivity contribution is 7.47. The van der Waals surface area contributed by atoms with Gasteiger partial charge in [-0.3, -0.25) is 37.3 Å². The molecule has 594 valence electrons. The first-order chi connectivity index (χ1) is 48.7. The van der Waals surface area contributed by atoms with Crippen LogP contribution in [0.15, 0.2) is 0 Å². The zero-order valence-electron chi connectivity index (χ0n) is 65.2. The quantitative estimate of drug-likeness (QED) is 0.0222. The van der Waals surface area contributed by atoms with Crippen molar-refractivity contribution in [1.82, 2.24) is 0 Å². The van der Waals surface area contributed by atoms with Gasteiger partial charge in [0, 0.05) is 25.7 Å². The Kier molecular flexibility index (Phi) is 73.8. The standard InChI is InChI=1S/C81H158O17P2/c1-5-9-13-17-21-25-28-31-34-36-37-38-39-41-43-46-49-52-56-60-64-68-81(86)98-77(72-92-79(84)66-62-58-54-50-47-45-42-40-35-32-29-26-22-18-14-10-6-2)74-96-100(89,90)94-70-75(82)69-93-99(87,88)95-73-76(71-91-78(83)65-61-57-53-24-20-16-12-8-4)97-80(85)67-63-59-55-51-48-44-33-30-27-23-19-15-11-7-3/h75-77,82H,5-74H2,1-4H3,(H,87,88)(H,89,90)/t75-,76+,77+/m0/s1. The molecule has 17 nitrogen and oxygen atoms in total. The highest BCUT2D eigenvalue weighted by atomic mass is 31.2. The average Bonchev–Trinajstić information content (AvgIpc) is 0.927. The molecule has 0 amide bonds. The lowest BCUT2D eigenvalue weighted by molar-refractivity contribution is -0.161. The normalized spacial score (nSPS) is 13.8. The van der Waals surface area contributed by atoms with Crippen molar-refractivity contribution in [1.29, 1.82) is 0 Å². The molecule has 0 aliphatic rings. The van der Waals surface area contributed by atoms with Gasteiger partial charge in [-0.15, -0.1) is 0 Å². The minimum Gasteiger partial charge on any atom is -0.462 e. The summed E-state index contributed by atoms with van der Waals surface area (Å²) in [6, 6.07) is 0. The summed E-state index contributed by atoms with van der Waals surface area (Å²) in [5.41, 5.74) is 0. The predicted molar refractivity (Wildman–Crippen MR) is 409 cm³/mol. The lowest BCUT2D eigenvalue weighted by Crippen LogP contribution is -2.30. The third kappa shape index (κ3) is 74.3. The molecule has 0 radical (unpaired) electrons. The van der Waals surface area contributed by atoms with Gasteiger partial charge in [-0.25, -0.2) is 9.13 Å². The molecule has 0 fully saturated rings. The maximum atomic E-state index is 13.1. The van der Waals surface area contributed by atoms with Crippen molar-refractivity contribution < 1.29 is 80.2 Å². The van der Waals surface area contributed by atoms with Crippen molar-refractivity contribution in [3.8, 4) is 0 Å². The number of phosphoric acid groups is 2. The number of aliphatic hydroxyl groups excluding tert-OH is 1. The van der Waals surface area contributed by atoms with E-state index < -0.39 is 97.5 Å². The molecular formula is C81H158O17P2. The van der Waals surface area contributed by atoms with Crippen LogP contribution in [0.4, 0.5) is 0 Å². The van der Waals surface area contributed by atoms with Crippen LogP contribution in [0.3, 0.4) is 0 Å². The summed E-state index contributed by atoms with van der Waals surface area (Å²) in [6.07, 6.45) is 68.1. The summed E-state index contributed by atoms with van der Waals surface area (Å²) >= 11 is 0. The topological polar surface area (TPSA) is 237 Å². The molecule has 0 aromatic rings. The van der Waals surface area contributed by atoms with Crippen molar-refractivity contribution >= 4 is 39.5 Å². The molecule has 0 aliphatic heterocycles.